The van der Waals surface area contributed by atoms with Crippen LogP contribution < -0.4 is 9.62 Å². The molecule has 1 N–H and O–H groups in total. The number of amides is 2. The number of carbonyl (C=O) groups is 2. The number of aryl methyl sites for hydroxylation is 1. The first-order valence-corrected chi connectivity index (χ1v) is 13.7. The number of hydrogen-bond acceptors (Lipinski definition) is 4. The fraction of sp³-hybridized carbons (Fsp3) is 0.440. The maximum atomic E-state index is 13.7. The van der Waals surface area contributed by atoms with E-state index in [1.807, 2.05) is 39.0 Å². The summed E-state index contributed by atoms with van der Waals surface area (Å²) in [6, 6.07) is 13.4. The van der Waals surface area contributed by atoms with E-state index in [-0.39, 0.29) is 12.5 Å². The van der Waals surface area contributed by atoms with Gasteiger partial charge in [-0.2, -0.15) is 0 Å². The van der Waals surface area contributed by atoms with E-state index in [4.69, 9.17) is 11.6 Å². The van der Waals surface area contributed by atoms with Crippen LogP contribution in [0.2, 0.25) is 5.02 Å². The van der Waals surface area contributed by atoms with Gasteiger partial charge in [-0.3, -0.25) is 13.9 Å². The van der Waals surface area contributed by atoms with Crippen molar-refractivity contribution in [3.63, 3.8) is 0 Å². The fourth-order valence-electron chi connectivity index (χ4n) is 3.74. The van der Waals surface area contributed by atoms with Crippen LogP contribution in [0.1, 0.15) is 44.7 Å². The number of rotatable bonds is 12. The third-order valence-corrected chi connectivity index (χ3v) is 7.05. The minimum Gasteiger partial charge on any atom is -0.354 e. The number of halogens is 1. The Bertz CT molecular complexity index is 1090. The monoisotopic (exact) mass is 507 g/mol. The van der Waals surface area contributed by atoms with Gasteiger partial charge < -0.3 is 10.2 Å². The Kier molecular flexibility index (Phi) is 10.4. The number of anilines is 1. The molecule has 0 saturated carbocycles. The molecule has 2 rings (SSSR count). The molecular weight excluding hydrogens is 474 g/mol. The summed E-state index contributed by atoms with van der Waals surface area (Å²) in [5, 5.41) is 3.33. The molecule has 0 aromatic heterocycles. The van der Waals surface area contributed by atoms with E-state index in [2.05, 4.69) is 5.32 Å². The number of para-hydroxylation sites is 1. The van der Waals surface area contributed by atoms with Crippen molar-refractivity contribution in [2.24, 2.45) is 0 Å². The molecule has 0 heterocycles. The van der Waals surface area contributed by atoms with Crippen LogP contribution in [-0.2, 0) is 32.6 Å². The minimum absolute atomic E-state index is 0.0869. The van der Waals surface area contributed by atoms with E-state index in [1.54, 1.807) is 30.3 Å². The van der Waals surface area contributed by atoms with Gasteiger partial charge in [0.25, 0.3) is 0 Å². The van der Waals surface area contributed by atoms with Crippen LogP contribution in [0, 0.1) is 0 Å². The number of sulfonamides is 1. The first-order valence-electron chi connectivity index (χ1n) is 11.5. The van der Waals surface area contributed by atoms with Gasteiger partial charge in [-0.1, -0.05) is 68.8 Å². The fourth-order valence-corrected chi connectivity index (χ4v) is 4.82. The van der Waals surface area contributed by atoms with Crippen molar-refractivity contribution in [3.05, 3.63) is 64.7 Å². The van der Waals surface area contributed by atoms with Crippen molar-refractivity contribution in [1.29, 1.82) is 0 Å². The van der Waals surface area contributed by atoms with Crippen molar-refractivity contribution in [3.8, 4) is 0 Å². The lowest BCUT2D eigenvalue weighted by atomic mass is 10.1. The average Bonchev–Trinajstić information content (AvgIpc) is 2.81. The molecule has 1 unspecified atom stereocenters. The van der Waals surface area contributed by atoms with Crippen LogP contribution >= 0.6 is 11.6 Å². The van der Waals surface area contributed by atoms with Gasteiger partial charge in [0.15, 0.2) is 0 Å². The average molecular weight is 508 g/mol. The van der Waals surface area contributed by atoms with Crippen LogP contribution in [0.5, 0.6) is 0 Å². The maximum absolute atomic E-state index is 13.7. The molecule has 0 aliphatic rings. The summed E-state index contributed by atoms with van der Waals surface area (Å²) < 4.78 is 26.6. The summed E-state index contributed by atoms with van der Waals surface area (Å²) in [6.45, 7) is 5.85. The second-order valence-corrected chi connectivity index (χ2v) is 10.4. The Balaban J connectivity index is 2.47. The first kappa shape index (κ1) is 27.7. The second kappa shape index (κ2) is 12.8. The Morgan fingerprint density at radius 2 is 1.62 bits per heavy atom. The van der Waals surface area contributed by atoms with Crippen LogP contribution in [0.4, 0.5) is 5.69 Å². The molecule has 2 aromatic rings. The van der Waals surface area contributed by atoms with Crippen LogP contribution in [0.3, 0.4) is 0 Å². The lowest BCUT2D eigenvalue weighted by molar-refractivity contribution is -0.140. The molecule has 186 valence electrons. The SMILES string of the molecule is CCCNC(=O)C(CC)N(Cc1ccccc1Cl)C(=O)CN(c1ccccc1CC)S(C)(=O)=O. The second-order valence-electron chi connectivity index (χ2n) is 8.08. The molecule has 2 aromatic carbocycles. The van der Waals surface area contributed by atoms with E-state index in [0.717, 1.165) is 22.5 Å². The molecule has 0 fully saturated rings. The molecule has 0 radical (unpaired) electrons. The van der Waals surface area contributed by atoms with Gasteiger partial charge in [-0.15, -0.1) is 0 Å². The van der Waals surface area contributed by atoms with Crippen molar-refractivity contribution in [1.82, 2.24) is 10.2 Å². The van der Waals surface area contributed by atoms with Crippen LogP contribution in [0.15, 0.2) is 48.5 Å². The Morgan fingerprint density at radius 3 is 2.18 bits per heavy atom. The number of benzene rings is 2. The number of nitrogens with one attached hydrogen (secondary N) is 1. The highest BCUT2D eigenvalue weighted by atomic mass is 35.5. The van der Waals surface area contributed by atoms with E-state index >= 15 is 0 Å². The highest BCUT2D eigenvalue weighted by molar-refractivity contribution is 7.92. The summed E-state index contributed by atoms with van der Waals surface area (Å²) in [5.74, 6) is -0.751. The maximum Gasteiger partial charge on any atom is 0.244 e. The Morgan fingerprint density at radius 1 is 1.00 bits per heavy atom. The number of nitrogens with zero attached hydrogens (tertiary/aromatic N) is 2. The van der Waals surface area contributed by atoms with Crippen LogP contribution in [-0.4, -0.2) is 50.5 Å². The topological polar surface area (TPSA) is 86.8 Å². The normalized spacial score (nSPS) is 12.1. The van der Waals surface area contributed by atoms with E-state index in [9.17, 15) is 18.0 Å². The largest absolute Gasteiger partial charge is 0.354 e. The summed E-state index contributed by atoms with van der Waals surface area (Å²) in [7, 11) is -3.77. The third kappa shape index (κ3) is 7.21. The Labute approximate surface area is 208 Å². The predicted octanol–water partition coefficient (Wildman–Crippen LogP) is 4.00. The zero-order valence-electron chi connectivity index (χ0n) is 20.3. The highest BCUT2D eigenvalue weighted by Gasteiger charge is 2.32. The van der Waals surface area contributed by atoms with Gasteiger partial charge in [0.1, 0.15) is 12.6 Å². The quantitative estimate of drug-likeness (QED) is 0.470. The van der Waals surface area contributed by atoms with E-state index < -0.39 is 28.5 Å². The molecule has 0 aliphatic carbocycles. The van der Waals surface area contributed by atoms with Gasteiger partial charge in [-0.25, -0.2) is 8.42 Å². The zero-order chi connectivity index (χ0) is 25.3. The lowest BCUT2D eigenvalue weighted by Gasteiger charge is -2.33. The van der Waals surface area contributed by atoms with Crippen molar-refractivity contribution in [2.75, 3.05) is 23.7 Å². The van der Waals surface area contributed by atoms with Gasteiger partial charge in [0.2, 0.25) is 21.8 Å². The van der Waals surface area contributed by atoms with Gasteiger partial charge >= 0.3 is 0 Å². The van der Waals surface area contributed by atoms with Crippen LogP contribution in [0.25, 0.3) is 0 Å². The molecule has 9 heteroatoms. The summed E-state index contributed by atoms with van der Waals surface area (Å²) in [4.78, 5) is 28.0. The van der Waals surface area contributed by atoms with Gasteiger partial charge in [-0.05, 0) is 42.5 Å². The molecule has 7 nitrogen and oxygen atoms in total. The first-order chi connectivity index (χ1) is 16.1. The molecule has 34 heavy (non-hydrogen) atoms. The molecule has 0 aliphatic heterocycles. The van der Waals surface area contributed by atoms with Crippen molar-refractivity contribution >= 4 is 39.1 Å². The lowest BCUT2D eigenvalue weighted by Crippen LogP contribution is -2.52. The van der Waals surface area contributed by atoms with E-state index in [1.165, 1.54) is 4.90 Å². The molecule has 0 saturated heterocycles. The van der Waals surface area contributed by atoms with Gasteiger partial charge in [0.05, 0.1) is 11.9 Å². The molecule has 0 bridgehead atoms. The third-order valence-electron chi connectivity index (χ3n) is 5.55. The molecule has 2 amide bonds. The summed E-state index contributed by atoms with van der Waals surface area (Å²) >= 11 is 6.35. The predicted molar refractivity (Wildman–Crippen MR) is 137 cm³/mol. The molecular formula is C25H34ClN3O4S. The minimum atomic E-state index is -3.77. The molecule has 1 atom stereocenters. The highest BCUT2D eigenvalue weighted by Crippen LogP contribution is 2.25. The summed E-state index contributed by atoms with van der Waals surface area (Å²) in [6.07, 6.45) is 2.82. The number of hydrogen-bond donors (Lipinski definition) is 1. The van der Waals surface area contributed by atoms with E-state index in [0.29, 0.717) is 35.7 Å². The van der Waals surface area contributed by atoms with Crippen molar-refractivity contribution in [2.45, 2.75) is 52.6 Å². The smallest absolute Gasteiger partial charge is 0.244 e. The van der Waals surface area contributed by atoms with Crippen molar-refractivity contribution < 1.29 is 18.0 Å². The molecule has 0 spiro atoms. The number of carbonyl (C=O) groups excluding carboxylic acids is 2. The Hall–Kier alpha value is -2.58. The summed E-state index contributed by atoms with van der Waals surface area (Å²) in [5.41, 5.74) is 1.95. The standard InChI is InChI=1S/C25H34ClN3O4S/c1-5-16-27-25(31)22(7-3)28(17-20-13-8-10-14-21(20)26)24(30)18-29(34(4,32)33)23-15-11-9-12-19(23)6-2/h8-15,22H,5-7,16-18H2,1-4H3,(H,27,31). The zero-order valence-corrected chi connectivity index (χ0v) is 21.8. The van der Waals surface area contributed by atoms with Gasteiger partial charge in [0, 0.05) is 18.1 Å².